The molecule has 1 aromatic heterocycles. The molecule has 9 nitrogen and oxygen atoms in total. The van der Waals surface area contributed by atoms with Gasteiger partial charge in [-0.25, -0.2) is 4.40 Å². The number of methoxy groups -OCH3 is 1. The first kappa shape index (κ1) is 30.5. The molecule has 1 heterocycles. The SMILES string of the molecule is CCCCn1c(-c2ccccc2)c(C(=NSc2ccc([N+](=O)[O-])cc2[N+](=O)[O-])c2ccccc2)c2cc(OC)c3ccccc3c21. The number of hydrogen-bond acceptors (Lipinski definition) is 7. The van der Waals surface area contributed by atoms with Gasteiger partial charge >= 0.3 is 0 Å². The normalized spacial score (nSPS) is 11.7. The Labute approximate surface area is 269 Å². The highest BCUT2D eigenvalue weighted by molar-refractivity contribution is 7.98. The number of aryl methyl sites for hydroxylation is 1. The van der Waals surface area contributed by atoms with E-state index in [-0.39, 0.29) is 16.3 Å². The zero-order valence-electron chi connectivity index (χ0n) is 25.3. The fourth-order valence-corrected chi connectivity index (χ4v) is 6.54. The van der Waals surface area contributed by atoms with Crippen LogP contribution >= 0.6 is 11.9 Å². The van der Waals surface area contributed by atoms with E-state index in [1.165, 1.54) is 12.1 Å². The summed E-state index contributed by atoms with van der Waals surface area (Å²) in [5, 5.41) is 26.4. The highest BCUT2D eigenvalue weighted by atomic mass is 32.2. The van der Waals surface area contributed by atoms with Gasteiger partial charge in [-0.2, -0.15) is 0 Å². The summed E-state index contributed by atoms with van der Waals surface area (Å²) >= 11 is 0.930. The van der Waals surface area contributed by atoms with Crippen LogP contribution in [-0.2, 0) is 6.54 Å². The smallest absolute Gasteiger partial charge is 0.291 e. The molecule has 6 aromatic rings. The van der Waals surface area contributed by atoms with Crippen LogP contribution in [0, 0.1) is 20.2 Å². The fourth-order valence-electron chi connectivity index (χ4n) is 5.80. The number of ether oxygens (including phenoxy) is 1. The average Bonchev–Trinajstić information content (AvgIpc) is 3.41. The van der Waals surface area contributed by atoms with Gasteiger partial charge in [0.2, 0.25) is 0 Å². The van der Waals surface area contributed by atoms with Crippen LogP contribution in [0.2, 0.25) is 0 Å². The molecule has 0 unspecified atom stereocenters. The van der Waals surface area contributed by atoms with Gasteiger partial charge in [-0.1, -0.05) is 98.3 Å². The minimum atomic E-state index is -0.644. The average molecular weight is 631 g/mol. The molecule has 0 radical (unpaired) electrons. The molecule has 46 heavy (non-hydrogen) atoms. The third-order valence-electron chi connectivity index (χ3n) is 7.90. The summed E-state index contributed by atoms with van der Waals surface area (Å²) in [6.45, 7) is 2.93. The van der Waals surface area contributed by atoms with Gasteiger partial charge in [0.15, 0.2) is 0 Å². The first-order chi connectivity index (χ1) is 22.4. The van der Waals surface area contributed by atoms with Gasteiger partial charge in [-0.15, -0.1) is 0 Å². The molecular formula is C36H30N4O5S. The molecule has 0 aliphatic carbocycles. The molecular weight excluding hydrogens is 600 g/mol. The maximum Gasteiger partial charge on any atom is 0.291 e. The molecule has 0 saturated carbocycles. The first-order valence-corrected chi connectivity index (χ1v) is 15.6. The minimum Gasteiger partial charge on any atom is -0.496 e. The number of unbranched alkanes of at least 4 members (excludes halogenated alkanes) is 1. The number of nitro benzene ring substituents is 2. The largest absolute Gasteiger partial charge is 0.496 e. The molecule has 0 atom stereocenters. The number of rotatable bonds is 11. The molecule has 0 aliphatic rings. The van der Waals surface area contributed by atoms with Gasteiger partial charge in [-0.05, 0) is 24.1 Å². The van der Waals surface area contributed by atoms with Gasteiger partial charge in [0.25, 0.3) is 11.4 Å². The van der Waals surface area contributed by atoms with Gasteiger partial charge in [0.05, 0.1) is 39.9 Å². The third kappa shape index (κ3) is 5.70. The lowest BCUT2D eigenvalue weighted by Crippen LogP contribution is -2.07. The van der Waals surface area contributed by atoms with E-state index in [1.807, 2.05) is 60.7 Å². The van der Waals surface area contributed by atoms with E-state index in [4.69, 9.17) is 9.13 Å². The van der Waals surface area contributed by atoms with E-state index in [0.717, 1.165) is 87.2 Å². The fraction of sp³-hybridized carbons (Fsp3) is 0.139. The predicted molar refractivity (Wildman–Crippen MR) is 184 cm³/mol. The Morgan fingerprint density at radius 2 is 1.50 bits per heavy atom. The predicted octanol–water partition coefficient (Wildman–Crippen LogP) is 9.63. The van der Waals surface area contributed by atoms with Crippen LogP contribution in [0.15, 0.2) is 118 Å². The summed E-state index contributed by atoms with van der Waals surface area (Å²) in [4.78, 5) is 22.3. The van der Waals surface area contributed by atoms with Gasteiger partial charge in [0, 0.05) is 51.8 Å². The van der Waals surface area contributed by atoms with Crippen LogP contribution in [0.4, 0.5) is 11.4 Å². The van der Waals surface area contributed by atoms with E-state index >= 15 is 0 Å². The molecule has 0 fully saturated rings. The number of non-ortho nitro benzene ring substituents is 1. The van der Waals surface area contributed by atoms with Gasteiger partial charge in [-0.3, -0.25) is 20.2 Å². The maximum absolute atomic E-state index is 12.0. The molecule has 5 aromatic carbocycles. The Morgan fingerprint density at radius 1 is 0.826 bits per heavy atom. The van der Waals surface area contributed by atoms with E-state index in [2.05, 4.69) is 41.8 Å². The second-order valence-electron chi connectivity index (χ2n) is 10.7. The summed E-state index contributed by atoms with van der Waals surface area (Å²) in [5.74, 6) is 0.725. The Hall–Kier alpha value is -5.48. The second-order valence-corrected chi connectivity index (χ2v) is 11.5. The van der Waals surface area contributed by atoms with Crippen molar-refractivity contribution in [2.45, 2.75) is 31.2 Å². The molecule has 6 rings (SSSR count). The number of hydrogen-bond donors (Lipinski definition) is 0. The second kappa shape index (κ2) is 13.3. The van der Waals surface area contributed by atoms with Crippen molar-refractivity contribution in [3.63, 3.8) is 0 Å². The van der Waals surface area contributed by atoms with Crippen LogP contribution in [-0.4, -0.2) is 27.2 Å². The van der Waals surface area contributed by atoms with Crippen molar-refractivity contribution in [1.82, 2.24) is 4.57 Å². The number of aromatic nitrogens is 1. The Bertz CT molecular complexity index is 2110. The Balaban J connectivity index is 1.72. The van der Waals surface area contributed by atoms with Crippen LogP contribution in [0.3, 0.4) is 0 Å². The number of fused-ring (bicyclic) bond motifs is 3. The van der Waals surface area contributed by atoms with Crippen molar-refractivity contribution in [2.75, 3.05) is 7.11 Å². The van der Waals surface area contributed by atoms with Crippen molar-refractivity contribution in [3.05, 3.63) is 141 Å². The summed E-state index contributed by atoms with van der Waals surface area (Å²) in [6, 6.07) is 33.7. The quantitative estimate of drug-likeness (QED) is 0.0610. The number of nitro groups is 2. The molecule has 230 valence electrons. The van der Waals surface area contributed by atoms with Crippen molar-refractivity contribution < 1.29 is 14.6 Å². The maximum atomic E-state index is 12.0. The van der Waals surface area contributed by atoms with Crippen LogP contribution in [0.1, 0.15) is 30.9 Å². The van der Waals surface area contributed by atoms with Crippen molar-refractivity contribution in [3.8, 4) is 17.0 Å². The zero-order valence-corrected chi connectivity index (χ0v) is 26.1. The van der Waals surface area contributed by atoms with Crippen LogP contribution < -0.4 is 4.74 Å². The van der Waals surface area contributed by atoms with Crippen molar-refractivity contribution in [2.24, 2.45) is 4.40 Å². The molecule has 0 amide bonds. The molecule has 10 heteroatoms. The molecule has 0 N–H and O–H groups in total. The monoisotopic (exact) mass is 630 g/mol. The van der Waals surface area contributed by atoms with Crippen LogP contribution in [0.25, 0.3) is 32.9 Å². The summed E-state index contributed by atoms with van der Waals surface area (Å²) < 4.78 is 13.3. The lowest BCUT2D eigenvalue weighted by atomic mass is 9.95. The van der Waals surface area contributed by atoms with Gasteiger partial charge < -0.3 is 9.30 Å². The lowest BCUT2D eigenvalue weighted by Gasteiger charge is -2.14. The number of benzene rings is 5. The molecule has 0 bridgehead atoms. The Kier molecular flexibility index (Phi) is 8.80. The standard InChI is InChI=1S/C36H30N4O5S/c1-3-4-21-38-35(25-15-9-6-10-16-25)33(29-23-31(45-2)27-17-11-12-18-28(27)36(29)38)34(24-13-7-5-8-14-24)37-46-32-20-19-26(39(41)42)22-30(32)40(43)44/h5-20,22-23H,3-4,21H2,1-2H3. The highest BCUT2D eigenvalue weighted by Crippen LogP contribution is 2.43. The molecule has 0 aliphatic heterocycles. The topological polar surface area (TPSA) is 113 Å². The number of nitrogens with zero attached hydrogens (tertiary/aromatic N) is 4. The van der Waals surface area contributed by atoms with E-state index < -0.39 is 9.85 Å². The van der Waals surface area contributed by atoms with Gasteiger partial charge in [0.1, 0.15) is 10.6 Å². The highest BCUT2D eigenvalue weighted by Gasteiger charge is 2.27. The first-order valence-electron chi connectivity index (χ1n) is 14.8. The molecule has 0 saturated heterocycles. The van der Waals surface area contributed by atoms with E-state index in [9.17, 15) is 20.2 Å². The summed E-state index contributed by atoms with van der Waals surface area (Å²) in [7, 11) is 1.66. The van der Waals surface area contributed by atoms with Crippen molar-refractivity contribution in [1.29, 1.82) is 0 Å². The van der Waals surface area contributed by atoms with Crippen molar-refractivity contribution >= 4 is 50.7 Å². The zero-order chi connectivity index (χ0) is 32.2. The third-order valence-corrected chi connectivity index (χ3v) is 8.71. The summed E-state index contributed by atoms with van der Waals surface area (Å²) in [6.07, 6.45) is 1.95. The van der Waals surface area contributed by atoms with Crippen LogP contribution in [0.5, 0.6) is 5.75 Å². The Morgan fingerprint density at radius 3 is 2.15 bits per heavy atom. The summed E-state index contributed by atoms with van der Waals surface area (Å²) in [5.41, 5.74) is 4.60. The minimum absolute atomic E-state index is 0.197. The lowest BCUT2D eigenvalue weighted by molar-refractivity contribution is -0.396. The van der Waals surface area contributed by atoms with E-state index in [1.54, 1.807) is 7.11 Å². The molecule has 0 spiro atoms. The van der Waals surface area contributed by atoms with E-state index in [0.29, 0.717) is 5.71 Å².